The summed E-state index contributed by atoms with van der Waals surface area (Å²) in [6.45, 7) is 4.46. The Kier molecular flexibility index (Phi) is 7.37. The van der Waals surface area contributed by atoms with E-state index in [1.807, 2.05) is 24.3 Å². The molecule has 1 heterocycles. The molecule has 5 nitrogen and oxygen atoms in total. The fourth-order valence-corrected chi connectivity index (χ4v) is 4.31. The molecule has 2 aromatic rings. The molecule has 0 bridgehead atoms. The highest BCUT2D eigenvalue weighted by Crippen LogP contribution is 2.27. The first-order valence-electron chi connectivity index (χ1n) is 9.91. The predicted molar refractivity (Wildman–Crippen MR) is 114 cm³/mol. The van der Waals surface area contributed by atoms with Crippen LogP contribution in [0.3, 0.4) is 0 Å². The molecule has 1 saturated heterocycles. The summed E-state index contributed by atoms with van der Waals surface area (Å²) in [6.07, 6.45) is -0.0525. The lowest BCUT2D eigenvalue weighted by Gasteiger charge is -2.22. The molecule has 160 valence electrons. The first kappa shape index (κ1) is 22.2. The highest BCUT2D eigenvalue weighted by Gasteiger charge is 2.41. The van der Waals surface area contributed by atoms with Gasteiger partial charge in [-0.3, -0.25) is 4.79 Å². The molecule has 0 N–H and O–H groups in total. The van der Waals surface area contributed by atoms with Crippen LogP contribution in [0.25, 0.3) is 0 Å². The topological polar surface area (TPSA) is 55.8 Å². The average Bonchev–Trinajstić information content (AvgIpc) is 3.14. The van der Waals surface area contributed by atoms with Gasteiger partial charge in [0.1, 0.15) is 12.1 Å². The van der Waals surface area contributed by atoms with Crippen molar-refractivity contribution < 1.29 is 23.5 Å². The quantitative estimate of drug-likeness (QED) is 0.488. The number of halogens is 1. The summed E-state index contributed by atoms with van der Waals surface area (Å²) >= 11 is 1.76. The number of carbonyl (C=O) groups excluding carboxylic acids is 2. The van der Waals surface area contributed by atoms with Crippen molar-refractivity contribution in [2.24, 2.45) is 0 Å². The average molecular weight is 432 g/mol. The summed E-state index contributed by atoms with van der Waals surface area (Å²) in [5.74, 6) is -1.05. The van der Waals surface area contributed by atoms with Crippen molar-refractivity contribution in [3.05, 3.63) is 59.9 Å². The van der Waals surface area contributed by atoms with Crippen LogP contribution < -0.4 is 4.74 Å². The number of para-hydroxylation sites is 1. The van der Waals surface area contributed by atoms with Crippen LogP contribution in [0.2, 0.25) is 0 Å². The van der Waals surface area contributed by atoms with E-state index in [4.69, 9.17) is 9.47 Å². The largest absolute Gasteiger partial charge is 0.485 e. The molecule has 1 aliphatic heterocycles. The number of ether oxygens (including phenoxy) is 2. The second-order valence-corrected chi connectivity index (χ2v) is 9.13. The van der Waals surface area contributed by atoms with Crippen LogP contribution in [0, 0.1) is 5.82 Å². The van der Waals surface area contributed by atoms with Gasteiger partial charge < -0.3 is 14.4 Å². The van der Waals surface area contributed by atoms with E-state index in [1.54, 1.807) is 23.9 Å². The zero-order valence-corrected chi connectivity index (χ0v) is 18.2. The molecule has 1 amide bonds. The molecule has 7 heteroatoms. The molecule has 0 radical (unpaired) electrons. The molecule has 2 aromatic carbocycles. The first-order valence-corrected chi connectivity index (χ1v) is 10.8. The van der Waals surface area contributed by atoms with Gasteiger partial charge in [0.15, 0.2) is 11.6 Å². The molecular weight excluding hydrogens is 405 g/mol. The summed E-state index contributed by atoms with van der Waals surface area (Å²) in [5, 5.41) is 0.481. The van der Waals surface area contributed by atoms with E-state index in [0.29, 0.717) is 5.25 Å². The summed E-state index contributed by atoms with van der Waals surface area (Å²) in [4.78, 5) is 27.8. The van der Waals surface area contributed by atoms with E-state index in [9.17, 15) is 14.0 Å². The molecule has 0 aliphatic carbocycles. The number of amides is 1. The fraction of sp³-hybridized carbons (Fsp3) is 0.391. The second kappa shape index (κ2) is 9.98. The minimum absolute atomic E-state index is 0.110. The SMILES string of the molecule is COC(=O)[C@@H]1C[C@H](Oc2ccccc2F)CN1C(=O)Cc1ccc(SC(C)C)cc1. The lowest BCUT2D eigenvalue weighted by molar-refractivity contribution is -0.150. The number of likely N-dealkylation sites (tertiary alicyclic amines) is 1. The zero-order chi connectivity index (χ0) is 21.7. The van der Waals surface area contributed by atoms with E-state index in [-0.39, 0.29) is 31.0 Å². The Bertz CT molecular complexity index is 887. The van der Waals surface area contributed by atoms with E-state index in [0.717, 1.165) is 10.5 Å². The van der Waals surface area contributed by atoms with E-state index in [1.165, 1.54) is 24.1 Å². The van der Waals surface area contributed by atoms with Crippen molar-refractivity contribution in [1.82, 2.24) is 4.90 Å². The lowest BCUT2D eigenvalue weighted by Crippen LogP contribution is -2.42. The molecule has 3 rings (SSSR count). The van der Waals surface area contributed by atoms with Gasteiger partial charge in [-0.05, 0) is 29.8 Å². The van der Waals surface area contributed by atoms with Crippen molar-refractivity contribution in [3.8, 4) is 5.75 Å². The molecule has 1 aliphatic rings. The molecule has 30 heavy (non-hydrogen) atoms. The van der Waals surface area contributed by atoms with Crippen molar-refractivity contribution >= 4 is 23.6 Å². The minimum atomic E-state index is -0.741. The number of hydrogen-bond donors (Lipinski definition) is 0. The monoisotopic (exact) mass is 431 g/mol. The zero-order valence-electron chi connectivity index (χ0n) is 17.3. The third-order valence-corrected chi connectivity index (χ3v) is 5.85. The number of nitrogens with zero attached hydrogens (tertiary/aromatic N) is 1. The van der Waals surface area contributed by atoms with Gasteiger partial charge in [0, 0.05) is 16.6 Å². The Morgan fingerprint density at radius 2 is 1.87 bits per heavy atom. The fourth-order valence-electron chi connectivity index (χ4n) is 3.47. The normalized spacial score (nSPS) is 18.5. The highest BCUT2D eigenvalue weighted by molar-refractivity contribution is 7.99. The summed E-state index contributed by atoms with van der Waals surface area (Å²) in [6, 6.07) is 13.2. The minimum Gasteiger partial charge on any atom is -0.485 e. The Labute approximate surface area is 180 Å². The van der Waals surface area contributed by atoms with E-state index < -0.39 is 23.9 Å². The number of methoxy groups -OCH3 is 1. The van der Waals surface area contributed by atoms with Crippen LogP contribution in [-0.4, -0.2) is 47.8 Å². The maximum Gasteiger partial charge on any atom is 0.328 e. The first-order chi connectivity index (χ1) is 14.4. The van der Waals surface area contributed by atoms with Crippen molar-refractivity contribution in [3.63, 3.8) is 0 Å². The van der Waals surface area contributed by atoms with Crippen LogP contribution in [-0.2, 0) is 20.7 Å². The predicted octanol–water partition coefficient (Wildman–Crippen LogP) is 4.09. The van der Waals surface area contributed by atoms with Gasteiger partial charge >= 0.3 is 5.97 Å². The van der Waals surface area contributed by atoms with Crippen LogP contribution in [0.1, 0.15) is 25.8 Å². The number of thioether (sulfide) groups is 1. The number of carbonyl (C=O) groups is 2. The summed E-state index contributed by atoms with van der Waals surface area (Å²) in [7, 11) is 1.29. The van der Waals surface area contributed by atoms with Crippen LogP contribution in [0.15, 0.2) is 53.4 Å². The number of benzene rings is 2. The lowest BCUT2D eigenvalue weighted by atomic mass is 10.1. The van der Waals surface area contributed by atoms with Crippen molar-refractivity contribution in [2.75, 3.05) is 13.7 Å². The van der Waals surface area contributed by atoms with Crippen LogP contribution in [0.4, 0.5) is 4.39 Å². The Morgan fingerprint density at radius 1 is 1.17 bits per heavy atom. The maximum atomic E-state index is 13.9. The molecule has 2 atom stereocenters. The van der Waals surface area contributed by atoms with Gasteiger partial charge in [0.25, 0.3) is 0 Å². The van der Waals surface area contributed by atoms with Crippen molar-refractivity contribution in [1.29, 1.82) is 0 Å². The maximum absolute atomic E-state index is 13.9. The van der Waals surface area contributed by atoms with Crippen molar-refractivity contribution in [2.45, 2.75) is 49.0 Å². The molecule has 0 spiro atoms. The Morgan fingerprint density at radius 3 is 2.50 bits per heavy atom. The van der Waals surface area contributed by atoms with E-state index >= 15 is 0 Å². The number of hydrogen-bond acceptors (Lipinski definition) is 5. The van der Waals surface area contributed by atoms with Crippen LogP contribution in [0.5, 0.6) is 5.75 Å². The Balaban J connectivity index is 1.69. The van der Waals surface area contributed by atoms with Crippen LogP contribution >= 0.6 is 11.8 Å². The number of rotatable bonds is 7. The molecule has 0 saturated carbocycles. The van der Waals surface area contributed by atoms with Gasteiger partial charge in [-0.1, -0.05) is 38.1 Å². The van der Waals surface area contributed by atoms with E-state index in [2.05, 4.69) is 13.8 Å². The summed E-state index contributed by atoms with van der Waals surface area (Å²) < 4.78 is 24.5. The second-order valence-electron chi connectivity index (χ2n) is 7.48. The third kappa shape index (κ3) is 5.53. The Hall–Kier alpha value is -2.54. The molecular formula is C23H26FNO4S. The van der Waals surface area contributed by atoms with Gasteiger partial charge in [0.2, 0.25) is 5.91 Å². The van der Waals surface area contributed by atoms with Gasteiger partial charge in [-0.2, -0.15) is 0 Å². The van der Waals surface area contributed by atoms with Gasteiger partial charge in [0.05, 0.1) is 20.1 Å². The number of esters is 1. The molecule has 0 unspecified atom stereocenters. The van der Waals surface area contributed by atoms with Gasteiger partial charge in [-0.25, -0.2) is 9.18 Å². The third-order valence-electron chi connectivity index (χ3n) is 4.84. The standard InChI is InChI=1S/C23H26FNO4S/c1-15(2)30-18-10-8-16(9-11-18)12-22(26)25-14-17(13-20(25)23(27)28-3)29-21-7-5-4-6-19(21)24/h4-11,15,17,20H,12-14H2,1-3H3/t17-,20-/m0/s1. The summed E-state index contributed by atoms with van der Waals surface area (Å²) in [5.41, 5.74) is 0.871. The highest BCUT2D eigenvalue weighted by atomic mass is 32.2. The molecule has 0 aromatic heterocycles. The smallest absolute Gasteiger partial charge is 0.328 e. The van der Waals surface area contributed by atoms with Gasteiger partial charge in [-0.15, -0.1) is 11.8 Å². The molecule has 1 fully saturated rings.